The minimum absolute atomic E-state index is 0.0719. The zero-order valence-corrected chi connectivity index (χ0v) is 15.9. The van der Waals surface area contributed by atoms with Gasteiger partial charge >= 0.3 is 0 Å². The third-order valence-electron chi connectivity index (χ3n) is 3.63. The number of carbonyl (C=O) groups excluding carboxylic acids is 1. The lowest BCUT2D eigenvalue weighted by molar-refractivity contribution is -0.116. The molecule has 0 aliphatic heterocycles. The van der Waals surface area contributed by atoms with Gasteiger partial charge in [-0.15, -0.1) is 10.2 Å². The number of aromatic nitrogens is 3. The number of benzene rings is 1. The van der Waals surface area contributed by atoms with Crippen molar-refractivity contribution in [2.75, 3.05) is 12.8 Å². The molecule has 2 aromatic rings. The van der Waals surface area contributed by atoms with Gasteiger partial charge in [0.15, 0.2) is 5.16 Å². The summed E-state index contributed by atoms with van der Waals surface area (Å²) in [5, 5.41) is 12.4. The molecule has 0 aliphatic rings. The van der Waals surface area contributed by atoms with E-state index in [9.17, 15) is 4.79 Å². The Morgan fingerprint density at radius 3 is 2.72 bits per heavy atom. The minimum Gasteiger partial charge on any atom is -0.353 e. The predicted octanol–water partition coefficient (Wildman–Crippen LogP) is 3.42. The van der Waals surface area contributed by atoms with Gasteiger partial charge < -0.3 is 9.88 Å². The van der Waals surface area contributed by atoms with Gasteiger partial charge in [-0.2, -0.15) is 0 Å². The van der Waals surface area contributed by atoms with Gasteiger partial charge in [-0.1, -0.05) is 55.9 Å². The highest BCUT2D eigenvalue weighted by Gasteiger charge is 2.12. The average Bonchev–Trinajstić information content (AvgIpc) is 2.99. The number of hydrogen-bond donors (Lipinski definition) is 1. The fourth-order valence-electron chi connectivity index (χ4n) is 2.46. The Balaban J connectivity index is 1.78. The molecular formula is C19H26N4OS. The molecule has 5 nitrogen and oxygen atoms in total. The van der Waals surface area contributed by atoms with Gasteiger partial charge in [-0.25, -0.2) is 0 Å². The second kappa shape index (κ2) is 10.0. The molecule has 0 bridgehead atoms. The molecule has 134 valence electrons. The molecular weight excluding hydrogens is 332 g/mol. The van der Waals surface area contributed by atoms with Crippen molar-refractivity contribution in [1.82, 2.24) is 20.1 Å². The van der Waals surface area contributed by atoms with E-state index in [1.165, 1.54) is 0 Å². The van der Waals surface area contributed by atoms with Crippen LogP contribution < -0.4 is 5.32 Å². The van der Waals surface area contributed by atoms with Crippen LogP contribution in [0, 0.1) is 5.92 Å². The van der Waals surface area contributed by atoms with E-state index in [-0.39, 0.29) is 5.91 Å². The quantitative estimate of drug-likeness (QED) is 0.424. The van der Waals surface area contributed by atoms with E-state index in [2.05, 4.69) is 33.9 Å². The molecule has 0 saturated heterocycles. The first-order valence-electron chi connectivity index (χ1n) is 8.57. The SMILES string of the molecule is CSc1nnc(CCCNC(=O)/C=C/c2ccccc2)n1CC(C)C. The summed E-state index contributed by atoms with van der Waals surface area (Å²) in [5.41, 5.74) is 1.02. The summed E-state index contributed by atoms with van der Waals surface area (Å²) in [5.74, 6) is 1.47. The van der Waals surface area contributed by atoms with Gasteiger partial charge in [0.1, 0.15) is 5.82 Å². The zero-order valence-electron chi connectivity index (χ0n) is 15.1. The highest BCUT2D eigenvalue weighted by atomic mass is 32.2. The first kappa shape index (κ1) is 19.2. The Labute approximate surface area is 153 Å². The molecule has 0 unspecified atom stereocenters. The monoisotopic (exact) mass is 358 g/mol. The van der Waals surface area contributed by atoms with Crippen molar-refractivity contribution in [1.29, 1.82) is 0 Å². The van der Waals surface area contributed by atoms with E-state index < -0.39 is 0 Å². The van der Waals surface area contributed by atoms with Gasteiger partial charge in [0.2, 0.25) is 5.91 Å². The van der Waals surface area contributed by atoms with Crippen LogP contribution in [0.5, 0.6) is 0 Å². The molecule has 25 heavy (non-hydrogen) atoms. The number of thioether (sulfide) groups is 1. The standard InChI is InChI=1S/C19H26N4OS/c1-15(2)14-23-17(21-22-19(23)25-3)10-7-13-20-18(24)12-11-16-8-5-4-6-9-16/h4-6,8-9,11-12,15H,7,10,13-14H2,1-3H3,(H,20,24)/b12-11+. The first-order valence-corrected chi connectivity index (χ1v) is 9.79. The number of amides is 1. The molecule has 1 heterocycles. The highest BCUT2D eigenvalue weighted by molar-refractivity contribution is 7.98. The van der Waals surface area contributed by atoms with E-state index >= 15 is 0 Å². The molecule has 0 saturated carbocycles. The molecule has 0 atom stereocenters. The van der Waals surface area contributed by atoms with Crippen LogP contribution in [0.2, 0.25) is 0 Å². The maximum Gasteiger partial charge on any atom is 0.243 e. The molecule has 0 radical (unpaired) electrons. The summed E-state index contributed by atoms with van der Waals surface area (Å²) >= 11 is 1.62. The molecule has 0 aliphatic carbocycles. The van der Waals surface area contributed by atoms with Crippen LogP contribution in [-0.4, -0.2) is 33.5 Å². The Hall–Kier alpha value is -2.08. The molecule has 1 amide bonds. The van der Waals surface area contributed by atoms with Crippen LogP contribution in [0.4, 0.5) is 0 Å². The number of carbonyl (C=O) groups is 1. The number of nitrogens with one attached hydrogen (secondary N) is 1. The van der Waals surface area contributed by atoms with E-state index in [1.54, 1.807) is 17.8 Å². The van der Waals surface area contributed by atoms with E-state index in [4.69, 9.17) is 0 Å². The van der Waals surface area contributed by atoms with E-state index in [0.29, 0.717) is 12.5 Å². The average molecular weight is 359 g/mol. The van der Waals surface area contributed by atoms with Gasteiger partial charge in [0, 0.05) is 25.6 Å². The van der Waals surface area contributed by atoms with Crippen molar-refractivity contribution in [2.45, 2.75) is 38.4 Å². The lowest BCUT2D eigenvalue weighted by Gasteiger charge is -2.11. The van der Waals surface area contributed by atoms with E-state index in [1.807, 2.05) is 42.7 Å². The fraction of sp³-hybridized carbons (Fsp3) is 0.421. The largest absolute Gasteiger partial charge is 0.353 e. The van der Waals surface area contributed by atoms with Crippen LogP contribution >= 0.6 is 11.8 Å². The maximum atomic E-state index is 11.9. The normalized spacial score (nSPS) is 11.4. The zero-order chi connectivity index (χ0) is 18.1. The number of aryl methyl sites for hydroxylation is 1. The van der Waals surface area contributed by atoms with Gasteiger partial charge in [0.05, 0.1) is 0 Å². The number of hydrogen-bond acceptors (Lipinski definition) is 4. The lowest BCUT2D eigenvalue weighted by Crippen LogP contribution is -2.23. The van der Waals surface area contributed by atoms with Crippen molar-refractivity contribution < 1.29 is 4.79 Å². The maximum absolute atomic E-state index is 11.9. The Morgan fingerprint density at radius 2 is 2.04 bits per heavy atom. The third-order valence-corrected chi connectivity index (χ3v) is 4.29. The van der Waals surface area contributed by atoms with Crippen molar-refractivity contribution in [3.05, 3.63) is 47.8 Å². The topological polar surface area (TPSA) is 59.8 Å². The van der Waals surface area contributed by atoms with Crippen LogP contribution in [0.1, 0.15) is 31.7 Å². The van der Waals surface area contributed by atoms with E-state index in [0.717, 1.165) is 35.9 Å². The first-order chi connectivity index (χ1) is 12.1. The smallest absolute Gasteiger partial charge is 0.243 e. The molecule has 1 aromatic carbocycles. The summed E-state index contributed by atoms with van der Waals surface area (Å²) < 4.78 is 2.19. The molecule has 1 N–H and O–H groups in total. The third kappa shape index (κ3) is 6.38. The Kier molecular flexibility index (Phi) is 7.73. The summed E-state index contributed by atoms with van der Waals surface area (Å²) in [7, 11) is 0. The molecule has 0 spiro atoms. The summed E-state index contributed by atoms with van der Waals surface area (Å²) in [6.45, 7) is 5.92. The lowest BCUT2D eigenvalue weighted by atomic mass is 10.2. The van der Waals surface area contributed by atoms with Gasteiger partial charge in [-0.05, 0) is 30.2 Å². The van der Waals surface area contributed by atoms with Crippen LogP contribution in [0.3, 0.4) is 0 Å². The summed E-state index contributed by atoms with van der Waals surface area (Å²) in [6, 6.07) is 9.79. The van der Waals surface area contributed by atoms with Crippen molar-refractivity contribution in [3.8, 4) is 0 Å². The number of nitrogens with zero attached hydrogens (tertiary/aromatic N) is 3. The van der Waals surface area contributed by atoms with Crippen molar-refractivity contribution in [2.24, 2.45) is 5.92 Å². The molecule has 0 fully saturated rings. The van der Waals surface area contributed by atoms with Crippen molar-refractivity contribution >= 4 is 23.7 Å². The fourth-order valence-corrected chi connectivity index (χ4v) is 2.98. The minimum atomic E-state index is -0.0719. The van der Waals surface area contributed by atoms with Crippen molar-refractivity contribution in [3.63, 3.8) is 0 Å². The second-order valence-corrected chi connectivity index (χ2v) is 7.02. The Morgan fingerprint density at radius 1 is 1.28 bits per heavy atom. The summed E-state index contributed by atoms with van der Waals surface area (Å²) in [4.78, 5) is 11.9. The van der Waals surface area contributed by atoms with Crippen LogP contribution in [0.25, 0.3) is 6.08 Å². The highest BCUT2D eigenvalue weighted by Crippen LogP contribution is 2.16. The van der Waals surface area contributed by atoms with Crippen LogP contribution in [0.15, 0.2) is 41.6 Å². The number of rotatable bonds is 9. The van der Waals surface area contributed by atoms with Gasteiger partial charge in [0.25, 0.3) is 0 Å². The summed E-state index contributed by atoms with van der Waals surface area (Å²) in [6.07, 6.45) is 7.06. The van der Waals surface area contributed by atoms with Crippen LogP contribution in [-0.2, 0) is 17.8 Å². The molecule has 2 rings (SSSR count). The molecule has 6 heteroatoms. The van der Waals surface area contributed by atoms with Gasteiger partial charge in [-0.3, -0.25) is 4.79 Å². The Bertz CT molecular complexity index is 695. The predicted molar refractivity (Wildman–Crippen MR) is 103 cm³/mol. The molecule has 1 aromatic heterocycles. The second-order valence-electron chi connectivity index (χ2n) is 6.25.